The van der Waals surface area contributed by atoms with Crippen LogP contribution in [0.1, 0.15) is 89.9 Å². The summed E-state index contributed by atoms with van der Waals surface area (Å²) < 4.78 is 49.2. The van der Waals surface area contributed by atoms with Crippen molar-refractivity contribution in [1.82, 2.24) is 29.4 Å². The third-order valence-corrected chi connectivity index (χ3v) is 9.28. The minimum atomic E-state index is -4.56. The molecule has 11 heteroatoms. The molecule has 8 nitrogen and oxygen atoms in total. The second-order valence-electron chi connectivity index (χ2n) is 13.7. The normalized spacial score (nSPS) is 23.2. The summed E-state index contributed by atoms with van der Waals surface area (Å²) in [5.74, 6) is 1.53. The maximum Gasteiger partial charge on any atom is 0.418 e. The number of rotatable bonds is 8. The number of nitrogens with two attached hydrogens (primary N) is 1. The van der Waals surface area contributed by atoms with E-state index in [1.54, 1.807) is 0 Å². The number of halogens is 3. The highest BCUT2D eigenvalue weighted by Gasteiger charge is 2.40. The number of aromatic amines is 1. The fourth-order valence-corrected chi connectivity index (χ4v) is 6.78. The summed E-state index contributed by atoms with van der Waals surface area (Å²) >= 11 is 0. The monoisotopic (exact) mass is 597 g/mol. The van der Waals surface area contributed by atoms with Crippen molar-refractivity contribution < 1.29 is 17.9 Å². The van der Waals surface area contributed by atoms with Gasteiger partial charge in [-0.05, 0) is 75.0 Å². The fourth-order valence-electron chi connectivity index (χ4n) is 6.78. The molecule has 232 valence electrons. The second kappa shape index (κ2) is 11.1. The lowest BCUT2D eigenvalue weighted by molar-refractivity contribution is -0.136. The predicted octanol–water partition coefficient (Wildman–Crippen LogP) is 7.01. The average molecular weight is 598 g/mol. The van der Waals surface area contributed by atoms with Crippen LogP contribution in [0.2, 0.25) is 0 Å². The van der Waals surface area contributed by atoms with Crippen molar-refractivity contribution >= 4 is 27.9 Å². The van der Waals surface area contributed by atoms with Gasteiger partial charge in [-0.15, -0.1) is 0 Å². The van der Waals surface area contributed by atoms with Crippen molar-refractivity contribution in [3.05, 3.63) is 47.7 Å². The number of hydrogen-bond donors (Lipinski definition) is 2. The highest BCUT2D eigenvalue weighted by atomic mass is 19.4. The van der Waals surface area contributed by atoms with Gasteiger partial charge in [0.05, 0.1) is 28.1 Å². The van der Waals surface area contributed by atoms with E-state index in [0.717, 1.165) is 61.7 Å². The van der Waals surface area contributed by atoms with Crippen molar-refractivity contribution in [1.29, 1.82) is 0 Å². The van der Waals surface area contributed by atoms with E-state index < -0.39 is 18.0 Å². The van der Waals surface area contributed by atoms with Crippen molar-refractivity contribution in [3.8, 4) is 0 Å². The summed E-state index contributed by atoms with van der Waals surface area (Å²) in [5.41, 5.74) is 8.70. The summed E-state index contributed by atoms with van der Waals surface area (Å²) in [7, 11) is 0. The molecule has 2 fully saturated rings. The van der Waals surface area contributed by atoms with Crippen LogP contribution in [0, 0.1) is 5.92 Å². The lowest BCUT2D eigenvalue weighted by Gasteiger charge is -2.46. The first-order chi connectivity index (χ1) is 20.3. The molecule has 43 heavy (non-hydrogen) atoms. The summed E-state index contributed by atoms with van der Waals surface area (Å²) in [6.45, 7) is 11.8. The Morgan fingerprint density at radius 1 is 1.14 bits per heavy atom. The van der Waals surface area contributed by atoms with Crippen LogP contribution in [0.4, 0.5) is 19.0 Å². The number of fused-ring (bicyclic) bond motifs is 2. The number of aryl methyl sites for hydroxylation is 1. The van der Waals surface area contributed by atoms with Gasteiger partial charge in [-0.1, -0.05) is 26.8 Å². The number of nitrogen functional groups attached to an aromatic ring is 1. The highest BCUT2D eigenvalue weighted by Crippen LogP contribution is 2.42. The fraction of sp³-hybridized carbons (Fsp3) is 0.594. The van der Waals surface area contributed by atoms with Gasteiger partial charge in [-0.3, -0.25) is 4.90 Å². The molecule has 2 unspecified atom stereocenters. The maximum absolute atomic E-state index is 13.8. The first-order valence-electron chi connectivity index (χ1n) is 15.4. The Bertz CT molecular complexity index is 1600. The Labute approximate surface area is 250 Å². The SMILES string of the molecule is CC(C)N(CC1CCC(n2cc(C(F)(F)F)c3c(N)ncnc32)O1)C1CC(CCc2nc3ccc(C(C)(C)C)cc3[nH]2)C1. The molecule has 1 aliphatic carbocycles. The molecule has 1 aromatic carbocycles. The summed E-state index contributed by atoms with van der Waals surface area (Å²) in [6.07, 6.45) is 2.82. The number of nitrogens with zero attached hydrogens (tertiary/aromatic N) is 5. The number of aromatic nitrogens is 5. The Kier molecular flexibility index (Phi) is 7.69. The molecule has 0 spiro atoms. The van der Waals surface area contributed by atoms with Gasteiger partial charge in [0.2, 0.25) is 0 Å². The van der Waals surface area contributed by atoms with Crippen LogP contribution in [0.5, 0.6) is 0 Å². The smallest absolute Gasteiger partial charge is 0.383 e. The summed E-state index contributed by atoms with van der Waals surface area (Å²) in [4.78, 5) is 18.8. The van der Waals surface area contributed by atoms with E-state index in [-0.39, 0.29) is 28.4 Å². The molecule has 2 aliphatic rings. The first-order valence-corrected chi connectivity index (χ1v) is 15.4. The third kappa shape index (κ3) is 5.98. The topological polar surface area (TPSA) is 97.9 Å². The average Bonchev–Trinajstić information content (AvgIpc) is 3.62. The van der Waals surface area contributed by atoms with Crippen LogP contribution in [0.25, 0.3) is 22.1 Å². The molecule has 1 saturated carbocycles. The van der Waals surface area contributed by atoms with Crippen molar-refractivity contribution in [2.24, 2.45) is 5.92 Å². The minimum Gasteiger partial charge on any atom is -0.383 e. The zero-order chi connectivity index (χ0) is 30.7. The van der Waals surface area contributed by atoms with Gasteiger partial charge in [0.1, 0.15) is 29.8 Å². The molecule has 3 aromatic heterocycles. The van der Waals surface area contributed by atoms with Gasteiger partial charge in [-0.2, -0.15) is 13.2 Å². The lowest BCUT2D eigenvalue weighted by atomic mass is 9.76. The second-order valence-corrected chi connectivity index (χ2v) is 13.7. The largest absolute Gasteiger partial charge is 0.418 e. The van der Waals surface area contributed by atoms with E-state index in [1.807, 2.05) is 0 Å². The molecule has 6 rings (SSSR count). The van der Waals surface area contributed by atoms with Crippen LogP contribution in [0.3, 0.4) is 0 Å². The predicted molar refractivity (Wildman–Crippen MR) is 162 cm³/mol. The zero-order valence-corrected chi connectivity index (χ0v) is 25.6. The molecular formula is C32H42F3N7O. The van der Waals surface area contributed by atoms with E-state index in [9.17, 15) is 13.2 Å². The van der Waals surface area contributed by atoms with E-state index in [1.165, 1.54) is 16.5 Å². The zero-order valence-electron chi connectivity index (χ0n) is 25.6. The molecule has 0 amide bonds. The van der Waals surface area contributed by atoms with Crippen LogP contribution in [-0.2, 0) is 22.7 Å². The molecule has 0 radical (unpaired) electrons. The lowest BCUT2D eigenvalue weighted by Crippen LogP contribution is -2.50. The van der Waals surface area contributed by atoms with Gasteiger partial charge in [0, 0.05) is 31.2 Å². The number of ether oxygens (including phenoxy) is 1. The minimum absolute atomic E-state index is 0.0639. The molecule has 1 aliphatic heterocycles. The molecule has 3 N–H and O–H groups in total. The number of H-pyrrole nitrogens is 1. The Morgan fingerprint density at radius 3 is 2.60 bits per heavy atom. The van der Waals surface area contributed by atoms with Crippen molar-refractivity contribution in [2.45, 2.75) is 109 Å². The Morgan fingerprint density at radius 2 is 1.91 bits per heavy atom. The quantitative estimate of drug-likeness (QED) is 0.227. The van der Waals surface area contributed by atoms with Gasteiger partial charge in [0.15, 0.2) is 0 Å². The number of benzene rings is 1. The van der Waals surface area contributed by atoms with E-state index in [0.29, 0.717) is 24.4 Å². The Balaban J connectivity index is 1.05. The van der Waals surface area contributed by atoms with E-state index in [4.69, 9.17) is 15.5 Å². The highest BCUT2D eigenvalue weighted by molar-refractivity contribution is 5.90. The number of anilines is 1. The third-order valence-electron chi connectivity index (χ3n) is 9.28. The van der Waals surface area contributed by atoms with Crippen molar-refractivity contribution in [3.63, 3.8) is 0 Å². The van der Waals surface area contributed by atoms with Crippen LogP contribution in [-0.4, -0.2) is 54.1 Å². The molecule has 4 heterocycles. The molecule has 1 saturated heterocycles. The van der Waals surface area contributed by atoms with Gasteiger partial charge >= 0.3 is 6.18 Å². The number of imidazole rings is 1. The van der Waals surface area contributed by atoms with Gasteiger partial charge in [0.25, 0.3) is 0 Å². The number of hydrogen-bond acceptors (Lipinski definition) is 6. The maximum atomic E-state index is 13.8. The van der Waals surface area contributed by atoms with Crippen LogP contribution < -0.4 is 5.73 Å². The molecule has 2 atom stereocenters. The van der Waals surface area contributed by atoms with E-state index >= 15 is 0 Å². The van der Waals surface area contributed by atoms with Crippen LogP contribution in [0.15, 0.2) is 30.7 Å². The standard InChI is InChI=1S/C32H42F3N7O/c1-18(2)41(21-12-19(13-21)6-10-26-39-24-9-7-20(31(3,4)5)14-25(24)40-26)15-22-8-11-27(43-22)42-16-23(32(33,34)35)28-29(36)37-17-38-30(28)42/h7,9,14,16-19,21-22,27H,6,8,10-13,15H2,1-5H3,(H,39,40)(H2,36,37,38). The molecule has 4 aromatic rings. The number of nitrogens with one attached hydrogen (secondary N) is 1. The Hall–Kier alpha value is -3.18. The van der Waals surface area contributed by atoms with Gasteiger partial charge in [-0.25, -0.2) is 15.0 Å². The summed E-state index contributed by atoms with van der Waals surface area (Å²) in [6, 6.07) is 7.33. The van der Waals surface area contributed by atoms with E-state index in [2.05, 4.69) is 72.7 Å². The number of alkyl halides is 3. The molecular weight excluding hydrogens is 555 g/mol. The first kappa shape index (κ1) is 29.9. The van der Waals surface area contributed by atoms with Crippen LogP contribution >= 0.6 is 0 Å². The molecule has 0 bridgehead atoms. The van der Waals surface area contributed by atoms with Gasteiger partial charge < -0.3 is 20.0 Å². The van der Waals surface area contributed by atoms with Crippen molar-refractivity contribution in [2.75, 3.05) is 12.3 Å². The summed E-state index contributed by atoms with van der Waals surface area (Å²) in [5, 5.41) is -0.163.